The van der Waals surface area contributed by atoms with Crippen molar-refractivity contribution in [3.8, 4) is 0 Å². The molecular weight excluding hydrogens is 322 g/mol. The highest BCUT2D eigenvalue weighted by Crippen LogP contribution is 2.17. The third-order valence-electron chi connectivity index (χ3n) is 4.69. The van der Waals surface area contributed by atoms with Gasteiger partial charge in [0.05, 0.1) is 6.61 Å². The first-order chi connectivity index (χ1) is 12.0. The Kier molecular flexibility index (Phi) is 5.43. The van der Waals surface area contributed by atoms with Gasteiger partial charge in [0.1, 0.15) is 6.10 Å². The molecule has 2 aliphatic heterocycles. The largest absolute Gasteiger partial charge is 0.444 e. The molecule has 2 N–H and O–H groups in total. The van der Waals surface area contributed by atoms with Gasteiger partial charge in [-0.25, -0.2) is 4.79 Å². The molecule has 0 aliphatic carbocycles. The number of ether oxygens (including phenoxy) is 2. The van der Waals surface area contributed by atoms with Crippen molar-refractivity contribution in [1.82, 2.24) is 9.80 Å². The van der Waals surface area contributed by atoms with Gasteiger partial charge >= 0.3 is 6.09 Å². The minimum atomic E-state index is -0.318. The Morgan fingerprint density at radius 1 is 1.24 bits per heavy atom. The van der Waals surface area contributed by atoms with E-state index in [0.29, 0.717) is 37.5 Å². The summed E-state index contributed by atoms with van der Waals surface area (Å²) in [4.78, 5) is 28.4. The number of carbonyl (C=O) groups is 2. The lowest BCUT2D eigenvalue weighted by atomic mass is 10.1. The predicted octanol–water partition coefficient (Wildman–Crippen LogP) is 1.73. The van der Waals surface area contributed by atoms with E-state index in [4.69, 9.17) is 15.2 Å². The van der Waals surface area contributed by atoms with Gasteiger partial charge in [-0.3, -0.25) is 4.79 Å². The van der Waals surface area contributed by atoms with Gasteiger partial charge in [-0.2, -0.15) is 0 Å². The standard InChI is InChI=1S/C18H25N3O4/c1-13-11-20(18(23)25-16-3-2-10-24-12-16)8-9-21(13)17(22)14-4-6-15(19)7-5-14/h4-7,13,16H,2-3,8-12,19H2,1H3/t13-,16?/m1/s1. The van der Waals surface area contributed by atoms with Gasteiger partial charge in [0.15, 0.2) is 0 Å². The van der Waals surface area contributed by atoms with Crippen LogP contribution in [0.3, 0.4) is 0 Å². The van der Waals surface area contributed by atoms with E-state index in [0.717, 1.165) is 19.4 Å². The lowest BCUT2D eigenvalue weighted by Gasteiger charge is -2.40. The SMILES string of the molecule is C[C@@H]1CN(C(=O)OC2CCCOC2)CCN1C(=O)c1ccc(N)cc1. The summed E-state index contributed by atoms with van der Waals surface area (Å²) in [6.45, 7) is 4.57. The van der Waals surface area contributed by atoms with E-state index in [-0.39, 0.29) is 24.1 Å². The van der Waals surface area contributed by atoms with Crippen molar-refractivity contribution in [3.05, 3.63) is 29.8 Å². The van der Waals surface area contributed by atoms with Crippen molar-refractivity contribution in [1.29, 1.82) is 0 Å². The fourth-order valence-electron chi connectivity index (χ4n) is 3.24. The Bertz CT molecular complexity index is 613. The van der Waals surface area contributed by atoms with Gasteiger partial charge in [-0.15, -0.1) is 0 Å². The molecule has 7 heteroatoms. The van der Waals surface area contributed by atoms with Gasteiger partial charge in [-0.05, 0) is 44.0 Å². The average molecular weight is 347 g/mol. The summed E-state index contributed by atoms with van der Waals surface area (Å²) in [6.07, 6.45) is 1.28. The summed E-state index contributed by atoms with van der Waals surface area (Å²) in [5.74, 6) is -0.0406. The number of amides is 2. The lowest BCUT2D eigenvalue weighted by Crippen LogP contribution is -2.56. The van der Waals surface area contributed by atoms with Crippen LogP contribution in [-0.4, -0.2) is 66.8 Å². The van der Waals surface area contributed by atoms with E-state index in [1.165, 1.54) is 0 Å². The predicted molar refractivity (Wildman–Crippen MR) is 93.2 cm³/mol. The van der Waals surface area contributed by atoms with Crippen LogP contribution in [0.4, 0.5) is 10.5 Å². The Balaban J connectivity index is 1.55. The van der Waals surface area contributed by atoms with Crippen molar-refractivity contribution >= 4 is 17.7 Å². The second kappa shape index (κ2) is 7.74. The number of rotatable bonds is 2. The Labute approximate surface area is 147 Å². The molecule has 0 spiro atoms. The molecule has 2 amide bonds. The Morgan fingerprint density at radius 2 is 2.00 bits per heavy atom. The summed E-state index contributed by atoms with van der Waals surface area (Å²) in [7, 11) is 0. The van der Waals surface area contributed by atoms with Crippen LogP contribution >= 0.6 is 0 Å². The maximum Gasteiger partial charge on any atom is 0.410 e. The lowest BCUT2D eigenvalue weighted by molar-refractivity contribution is -0.0324. The summed E-state index contributed by atoms with van der Waals surface area (Å²) in [5.41, 5.74) is 6.91. The second-order valence-electron chi connectivity index (χ2n) is 6.64. The van der Waals surface area contributed by atoms with Crippen LogP contribution in [0.5, 0.6) is 0 Å². The van der Waals surface area contributed by atoms with Crippen LogP contribution in [0.2, 0.25) is 0 Å². The third-order valence-corrected chi connectivity index (χ3v) is 4.69. The molecule has 2 atom stereocenters. The van der Waals surface area contributed by atoms with Gasteiger partial charge in [0.25, 0.3) is 5.91 Å². The molecule has 2 saturated heterocycles. The maximum atomic E-state index is 12.6. The number of hydrogen-bond acceptors (Lipinski definition) is 5. The molecule has 2 aliphatic rings. The molecule has 2 heterocycles. The number of nitrogens with zero attached hydrogens (tertiary/aromatic N) is 2. The zero-order chi connectivity index (χ0) is 17.8. The smallest absolute Gasteiger partial charge is 0.410 e. The van der Waals surface area contributed by atoms with Crippen LogP contribution in [0.25, 0.3) is 0 Å². The van der Waals surface area contributed by atoms with Crippen LogP contribution < -0.4 is 5.73 Å². The van der Waals surface area contributed by atoms with Crippen LogP contribution in [0, 0.1) is 0 Å². The van der Waals surface area contributed by atoms with E-state index in [2.05, 4.69) is 0 Å². The third kappa shape index (κ3) is 4.22. The second-order valence-corrected chi connectivity index (χ2v) is 6.64. The quantitative estimate of drug-likeness (QED) is 0.824. The molecule has 136 valence electrons. The number of nitrogens with two attached hydrogens (primary N) is 1. The zero-order valence-electron chi connectivity index (χ0n) is 14.5. The van der Waals surface area contributed by atoms with Crippen molar-refractivity contribution in [2.24, 2.45) is 0 Å². The number of benzene rings is 1. The van der Waals surface area contributed by atoms with E-state index >= 15 is 0 Å². The number of piperazine rings is 1. The summed E-state index contributed by atoms with van der Waals surface area (Å²) >= 11 is 0. The van der Waals surface area contributed by atoms with Crippen molar-refractivity contribution in [3.63, 3.8) is 0 Å². The first-order valence-electron chi connectivity index (χ1n) is 8.74. The highest BCUT2D eigenvalue weighted by molar-refractivity contribution is 5.94. The fourth-order valence-corrected chi connectivity index (χ4v) is 3.24. The van der Waals surface area contributed by atoms with Crippen LogP contribution in [0.1, 0.15) is 30.1 Å². The minimum absolute atomic E-state index is 0.0406. The molecule has 1 unspecified atom stereocenters. The van der Waals surface area contributed by atoms with E-state index < -0.39 is 0 Å². The number of anilines is 1. The zero-order valence-corrected chi connectivity index (χ0v) is 14.5. The normalized spacial score (nSPS) is 24.0. The van der Waals surface area contributed by atoms with Gasteiger partial charge in [-0.1, -0.05) is 0 Å². The van der Waals surface area contributed by atoms with Crippen molar-refractivity contribution in [2.45, 2.75) is 31.9 Å². The monoisotopic (exact) mass is 347 g/mol. The Hall–Kier alpha value is -2.28. The highest BCUT2D eigenvalue weighted by Gasteiger charge is 2.32. The molecule has 25 heavy (non-hydrogen) atoms. The Morgan fingerprint density at radius 3 is 2.64 bits per heavy atom. The summed E-state index contributed by atoms with van der Waals surface area (Å²) < 4.78 is 10.9. The fraction of sp³-hybridized carbons (Fsp3) is 0.556. The first-order valence-corrected chi connectivity index (χ1v) is 8.74. The summed E-state index contributed by atoms with van der Waals surface area (Å²) in [5, 5.41) is 0. The molecule has 1 aromatic carbocycles. The van der Waals surface area contributed by atoms with Gasteiger partial charge in [0.2, 0.25) is 0 Å². The average Bonchev–Trinajstić information content (AvgIpc) is 2.62. The molecule has 0 bridgehead atoms. The number of nitrogen functional groups attached to an aromatic ring is 1. The van der Waals surface area contributed by atoms with E-state index in [1.807, 2.05) is 6.92 Å². The van der Waals surface area contributed by atoms with Gasteiger partial charge < -0.3 is 25.0 Å². The topological polar surface area (TPSA) is 85.1 Å². The highest BCUT2D eigenvalue weighted by atomic mass is 16.6. The molecule has 1 aromatic rings. The molecule has 2 fully saturated rings. The first kappa shape index (κ1) is 17.5. The molecule has 0 radical (unpaired) electrons. The van der Waals surface area contributed by atoms with Gasteiger partial charge in [0, 0.05) is 43.5 Å². The molecule has 3 rings (SSSR count). The van der Waals surface area contributed by atoms with E-state index in [1.54, 1.807) is 34.1 Å². The van der Waals surface area contributed by atoms with Crippen molar-refractivity contribution in [2.75, 3.05) is 38.6 Å². The minimum Gasteiger partial charge on any atom is -0.444 e. The van der Waals surface area contributed by atoms with Crippen LogP contribution in [-0.2, 0) is 9.47 Å². The van der Waals surface area contributed by atoms with Crippen molar-refractivity contribution < 1.29 is 19.1 Å². The van der Waals surface area contributed by atoms with E-state index in [9.17, 15) is 9.59 Å². The molecular formula is C18H25N3O4. The molecule has 7 nitrogen and oxygen atoms in total. The number of hydrogen-bond donors (Lipinski definition) is 1. The maximum absolute atomic E-state index is 12.6. The molecule has 0 saturated carbocycles. The number of carbonyl (C=O) groups excluding carboxylic acids is 2. The van der Waals surface area contributed by atoms with Crippen LogP contribution in [0.15, 0.2) is 24.3 Å². The summed E-state index contributed by atoms with van der Waals surface area (Å²) in [6, 6.07) is 6.83. The molecule has 0 aromatic heterocycles.